The van der Waals surface area contributed by atoms with Crippen molar-refractivity contribution >= 4 is 27.5 Å². The van der Waals surface area contributed by atoms with E-state index in [1.165, 1.54) is 6.07 Å². The van der Waals surface area contributed by atoms with Crippen LogP contribution < -0.4 is 5.32 Å². The summed E-state index contributed by atoms with van der Waals surface area (Å²) in [6, 6.07) is 12.6. The van der Waals surface area contributed by atoms with Crippen molar-refractivity contribution in [1.29, 1.82) is 0 Å². The number of halogens is 3. The molecule has 4 heteroatoms. The second kappa shape index (κ2) is 6.51. The van der Waals surface area contributed by atoms with Crippen LogP contribution in [0.2, 0.25) is 5.02 Å². The van der Waals surface area contributed by atoms with Gasteiger partial charge in [-0.15, -0.1) is 0 Å². The van der Waals surface area contributed by atoms with Crippen LogP contribution in [-0.2, 0) is 6.42 Å². The molecule has 19 heavy (non-hydrogen) atoms. The SMILES string of the molecule is CNC(Cc1ccccc1F)c1ccc(Cl)c(Br)c1. The van der Waals surface area contributed by atoms with Gasteiger partial charge in [0.15, 0.2) is 0 Å². The molecule has 0 aliphatic rings. The Hall–Kier alpha value is -0.900. The summed E-state index contributed by atoms with van der Waals surface area (Å²) in [5.74, 6) is -0.171. The fourth-order valence-corrected chi connectivity index (χ4v) is 2.51. The van der Waals surface area contributed by atoms with Crippen molar-refractivity contribution in [2.75, 3.05) is 7.05 Å². The maximum atomic E-state index is 13.7. The van der Waals surface area contributed by atoms with Crippen molar-refractivity contribution < 1.29 is 4.39 Å². The van der Waals surface area contributed by atoms with Gasteiger partial charge >= 0.3 is 0 Å². The lowest BCUT2D eigenvalue weighted by atomic mass is 9.99. The first-order valence-corrected chi connectivity index (χ1v) is 7.14. The maximum absolute atomic E-state index is 13.7. The third-order valence-corrected chi connectivity index (χ3v) is 4.29. The van der Waals surface area contributed by atoms with Crippen LogP contribution >= 0.6 is 27.5 Å². The highest BCUT2D eigenvalue weighted by Crippen LogP contribution is 2.27. The van der Waals surface area contributed by atoms with E-state index in [4.69, 9.17) is 11.6 Å². The summed E-state index contributed by atoms with van der Waals surface area (Å²) < 4.78 is 14.5. The minimum atomic E-state index is -0.171. The topological polar surface area (TPSA) is 12.0 Å². The third kappa shape index (κ3) is 3.56. The van der Waals surface area contributed by atoms with Crippen LogP contribution in [0.15, 0.2) is 46.9 Å². The minimum Gasteiger partial charge on any atom is -0.313 e. The van der Waals surface area contributed by atoms with Gasteiger partial charge in [0.25, 0.3) is 0 Å². The van der Waals surface area contributed by atoms with E-state index in [9.17, 15) is 4.39 Å². The van der Waals surface area contributed by atoms with Gasteiger partial charge in [-0.2, -0.15) is 0 Å². The van der Waals surface area contributed by atoms with Gasteiger partial charge in [0, 0.05) is 10.5 Å². The summed E-state index contributed by atoms with van der Waals surface area (Å²) in [5.41, 5.74) is 1.77. The molecule has 0 saturated heterocycles. The van der Waals surface area contributed by atoms with Gasteiger partial charge in [-0.25, -0.2) is 4.39 Å². The van der Waals surface area contributed by atoms with Crippen LogP contribution in [0.3, 0.4) is 0 Å². The lowest BCUT2D eigenvalue weighted by molar-refractivity contribution is 0.554. The Morgan fingerprint density at radius 3 is 2.63 bits per heavy atom. The molecule has 1 nitrogen and oxygen atoms in total. The fourth-order valence-electron chi connectivity index (χ4n) is 2.00. The van der Waals surface area contributed by atoms with Gasteiger partial charge in [0.05, 0.1) is 5.02 Å². The van der Waals surface area contributed by atoms with Crippen molar-refractivity contribution in [2.24, 2.45) is 0 Å². The van der Waals surface area contributed by atoms with Gasteiger partial charge < -0.3 is 5.32 Å². The van der Waals surface area contributed by atoms with Crippen LogP contribution in [0.4, 0.5) is 4.39 Å². The quantitative estimate of drug-likeness (QED) is 0.846. The summed E-state index contributed by atoms with van der Waals surface area (Å²) in [6.45, 7) is 0. The van der Waals surface area contributed by atoms with Gasteiger partial charge in [-0.1, -0.05) is 35.9 Å². The van der Waals surface area contributed by atoms with Crippen molar-refractivity contribution in [2.45, 2.75) is 12.5 Å². The maximum Gasteiger partial charge on any atom is 0.126 e. The molecule has 0 radical (unpaired) electrons. The molecule has 0 aliphatic carbocycles. The molecule has 0 heterocycles. The lowest BCUT2D eigenvalue weighted by Gasteiger charge is -2.17. The van der Waals surface area contributed by atoms with E-state index in [1.807, 2.05) is 37.4 Å². The second-order valence-electron chi connectivity index (χ2n) is 4.31. The van der Waals surface area contributed by atoms with Crippen LogP contribution in [0.5, 0.6) is 0 Å². The Kier molecular flexibility index (Phi) is 4.97. The molecular formula is C15H14BrClFN. The van der Waals surface area contributed by atoms with Crippen LogP contribution in [0.25, 0.3) is 0 Å². The van der Waals surface area contributed by atoms with Crippen molar-refractivity contribution in [3.8, 4) is 0 Å². The molecule has 1 unspecified atom stereocenters. The normalized spacial score (nSPS) is 12.4. The summed E-state index contributed by atoms with van der Waals surface area (Å²) in [6.07, 6.45) is 0.594. The predicted octanol–water partition coefficient (Wildman–Crippen LogP) is 4.74. The molecular weight excluding hydrogens is 329 g/mol. The number of nitrogens with one attached hydrogen (secondary N) is 1. The molecule has 0 aliphatic heterocycles. The zero-order valence-electron chi connectivity index (χ0n) is 10.5. The van der Waals surface area contributed by atoms with Crippen LogP contribution in [0, 0.1) is 5.82 Å². The van der Waals surface area contributed by atoms with Gasteiger partial charge in [-0.3, -0.25) is 0 Å². The first-order chi connectivity index (χ1) is 9.11. The van der Waals surface area contributed by atoms with Crippen LogP contribution in [-0.4, -0.2) is 7.05 Å². The van der Waals surface area contributed by atoms with E-state index < -0.39 is 0 Å². The molecule has 0 aromatic heterocycles. The largest absolute Gasteiger partial charge is 0.313 e. The van der Waals surface area contributed by atoms with Crippen LogP contribution in [0.1, 0.15) is 17.2 Å². The van der Waals surface area contributed by atoms with E-state index in [2.05, 4.69) is 21.2 Å². The van der Waals surface area contributed by atoms with Gasteiger partial charge in [-0.05, 0) is 58.7 Å². The van der Waals surface area contributed by atoms with Crippen molar-refractivity contribution in [1.82, 2.24) is 5.32 Å². The molecule has 0 fully saturated rings. The zero-order valence-corrected chi connectivity index (χ0v) is 12.8. The van der Waals surface area contributed by atoms with E-state index in [0.29, 0.717) is 17.0 Å². The molecule has 2 aromatic rings. The fraction of sp³-hybridized carbons (Fsp3) is 0.200. The second-order valence-corrected chi connectivity index (χ2v) is 5.57. The zero-order chi connectivity index (χ0) is 13.8. The third-order valence-electron chi connectivity index (χ3n) is 3.08. The number of benzene rings is 2. The minimum absolute atomic E-state index is 0.0467. The van der Waals surface area contributed by atoms with Crippen molar-refractivity contribution in [3.05, 3.63) is 68.9 Å². The molecule has 2 aromatic carbocycles. The molecule has 0 amide bonds. The highest BCUT2D eigenvalue weighted by Gasteiger charge is 2.13. The Morgan fingerprint density at radius 2 is 2.00 bits per heavy atom. The predicted molar refractivity (Wildman–Crippen MR) is 81.1 cm³/mol. The Bertz CT molecular complexity index is 574. The number of hydrogen-bond acceptors (Lipinski definition) is 1. The Morgan fingerprint density at radius 1 is 1.26 bits per heavy atom. The van der Waals surface area contributed by atoms with E-state index >= 15 is 0 Å². The Balaban J connectivity index is 2.25. The highest BCUT2D eigenvalue weighted by atomic mass is 79.9. The van der Waals surface area contributed by atoms with Crippen molar-refractivity contribution in [3.63, 3.8) is 0 Å². The number of likely N-dealkylation sites (N-methyl/N-ethyl adjacent to an activating group) is 1. The average molecular weight is 343 g/mol. The molecule has 1 atom stereocenters. The first-order valence-electron chi connectivity index (χ1n) is 5.97. The summed E-state index contributed by atoms with van der Waals surface area (Å²) in [7, 11) is 1.87. The lowest BCUT2D eigenvalue weighted by Crippen LogP contribution is -2.19. The molecule has 0 bridgehead atoms. The Labute approximate surface area is 125 Å². The highest BCUT2D eigenvalue weighted by molar-refractivity contribution is 9.10. The summed E-state index contributed by atoms with van der Waals surface area (Å²) >= 11 is 9.40. The molecule has 100 valence electrons. The van der Waals surface area contributed by atoms with E-state index in [-0.39, 0.29) is 11.9 Å². The smallest absolute Gasteiger partial charge is 0.126 e. The molecule has 1 N–H and O–H groups in total. The average Bonchev–Trinajstić information content (AvgIpc) is 2.41. The molecule has 0 saturated carbocycles. The number of hydrogen-bond donors (Lipinski definition) is 1. The molecule has 2 rings (SSSR count). The summed E-state index contributed by atoms with van der Waals surface area (Å²) in [5, 5.41) is 3.88. The van der Waals surface area contributed by atoms with E-state index in [1.54, 1.807) is 6.07 Å². The first kappa shape index (κ1) is 14.5. The van der Waals surface area contributed by atoms with E-state index in [0.717, 1.165) is 10.0 Å². The molecule has 0 spiro atoms. The van der Waals surface area contributed by atoms with Gasteiger partial charge in [0.2, 0.25) is 0 Å². The van der Waals surface area contributed by atoms with Gasteiger partial charge in [0.1, 0.15) is 5.82 Å². The summed E-state index contributed by atoms with van der Waals surface area (Å²) in [4.78, 5) is 0. The standard InChI is InChI=1S/C15H14BrClFN/c1-19-15(9-10-4-2-3-5-14(10)18)11-6-7-13(17)12(16)8-11/h2-8,15,19H,9H2,1H3. The number of rotatable bonds is 4. The monoisotopic (exact) mass is 341 g/mol.